The van der Waals surface area contributed by atoms with E-state index < -0.39 is 0 Å². The van der Waals surface area contributed by atoms with Gasteiger partial charge in [0, 0.05) is 6.07 Å². The number of methoxy groups -OCH3 is 2. The minimum absolute atomic E-state index is 0.0872. The molecule has 2 aromatic carbocycles. The van der Waals surface area contributed by atoms with Gasteiger partial charge in [-0.2, -0.15) is 0 Å². The zero-order valence-corrected chi connectivity index (χ0v) is 13.9. The van der Waals surface area contributed by atoms with Gasteiger partial charge in [-0.15, -0.1) is 0 Å². The maximum absolute atomic E-state index is 12.4. The first-order valence-corrected chi connectivity index (χ1v) is 7.66. The molecule has 0 fully saturated rings. The van der Waals surface area contributed by atoms with Crippen molar-refractivity contribution in [2.24, 2.45) is 0 Å². The molecule has 2 aromatic rings. The van der Waals surface area contributed by atoms with Gasteiger partial charge in [-0.3, -0.25) is 14.5 Å². The molecule has 7 heteroatoms. The van der Waals surface area contributed by atoms with Gasteiger partial charge in [-0.1, -0.05) is 12.1 Å². The average molecular weight is 342 g/mol. The summed E-state index contributed by atoms with van der Waals surface area (Å²) < 4.78 is 15.8. The molecule has 0 spiro atoms. The highest BCUT2D eigenvalue weighted by Crippen LogP contribution is 2.32. The van der Waals surface area contributed by atoms with E-state index in [2.05, 4.69) is 5.32 Å². The van der Waals surface area contributed by atoms with Crippen molar-refractivity contribution in [2.45, 2.75) is 0 Å². The van der Waals surface area contributed by atoms with Crippen molar-refractivity contribution >= 4 is 23.2 Å². The van der Waals surface area contributed by atoms with Crippen LogP contribution in [0.2, 0.25) is 0 Å². The topological polar surface area (TPSA) is 77.1 Å². The van der Waals surface area contributed by atoms with Gasteiger partial charge in [0.2, 0.25) is 5.91 Å². The molecule has 1 aliphatic heterocycles. The zero-order valence-electron chi connectivity index (χ0n) is 13.9. The third kappa shape index (κ3) is 3.50. The van der Waals surface area contributed by atoms with Crippen molar-refractivity contribution in [3.63, 3.8) is 0 Å². The van der Waals surface area contributed by atoms with Crippen LogP contribution in [0, 0.1) is 0 Å². The van der Waals surface area contributed by atoms with Crippen LogP contribution in [-0.4, -0.2) is 39.2 Å². The predicted octanol–water partition coefficient (Wildman–Crippen LogP) is 2.07. The van der Waals surface area contributed by atoms with E-state index in [1.165, 1.54) is 12.0 Å². The first-order chi connectivity index (χ1) is 12.1. The molecule has 0 atom stereocenters. The number of fused-ring (bicyclic) bond motifs is 1. The largest absolute Gasteiger partial charge is 0.497 e. The SMILES string of the molecule is COc1ccc(NC(=O)CN2C(=O)COc3ccccc32)c(OC)c1. The monoisotopic (exact) mass is 342 g/mol. The number of rotatable bonds is 5. The molecule has 1 heterocycles. The van der Waals surface area contributed by atoms with Crippen LogP contribution in [0.3, 0.4) is 0 Å². The highest BCUT2D eigenvalue weighted by atomic mass is 16.5. The van der Waals surface area contributed by atoms with Gasteiger partial charge in [-0.05, 0) is 24.3 Å². The van der Waals surface area contributed by atoms with E-state index in [1.807, 2.05) is 6.07 Å². The molecule has 1 N–H and O–H groups in total. The molecule has 7 nitrogen and oxygen atoms in total. The van der Waals surface area contributed by atoms with Crippen LogP contribution >= 0.6 is 0 Å². The van der Waals surface area contributed by atoms with Gasteiger partial charge in [0.25, 0.3) is 5.91 Å². The summed E-state index contributed by atoms with van der Waals surface area (Å²) in [5, 5.41) is 2.76. The van der Waals surface area contributed by atoms with Gasteiger partial charge in [0.1, 0.15) is 23.8 Å². The van der Waals surface area contributed by atoms with Crippen molar-refractivity contribution in [2.75, 3.05) is 37.6 Å². The lowest BCUT2D eigenvalue weighted by Crippen LogP contribution is -2.43. The lowest BCUT2D eigenvalue weighted by molar-refractivity contribution is -0.123. The van der Waals surface area contributed by atoms with Gasteiger partial charge in [0.15, 0.2) is 6.61 Å². The van der Waals surface area contributed by atoms with Crippen LogP contribution in [0.15, 0.2) is 42.5 Å². The van der Waals surface area contributed by atoms with Crippen molar-refractivity contribution in [3.05, 3.63) is 42.5 Å². The fourth-order valence-electron chi connectivity index (χ4n) is 2.56. The molecule has 0 aliphatic carbocycles. The van der Waals surface area contributed by atoms with E-state index in [0.29, 0.717) is 28.6 Å². The van der Waals surface area contributed by atoms with Gasteiger partial charge in [0.05, 0.1) is 25.6 Å². The predicted molar refractivity (Wildman–Crippen MR) is 92.5 cm³/mol. The minimum Gasteiger partial charge on any atom is -0.497 e. The van der Waals surface area contributed by atoms with E-state index in [-0.39, 0.29) is 25.0 Å². The highest BCUT2D eigenvalue weighted by molar-refractivity contribution is 6.05. The third-order valence-electron chi connectivity index (χ3n) is 3.79. The van der Waals surface area contributed by atoms with E-state index in [1.54, 1.807) is 43.5 Å². The first kappa shape index (κ1) is 16.6. The number of nitrogens with one attached hydrogen (secondary N) is 1. The molecule has 0 bridgehead atoms. The summed E-state index contributed by atoms with van der Waals surface area (Å²) in [7, 11) is 3.06. The Bertz CT molecular complexity index is 806. The Balaban J connectivity index is 1.76. The number of para-hydroxylation sites is 2. The maximum atomic E-state index is 12.4. The number of carbonyl (C=O) groups is 2. The summed E-state index contributed by atoms with van der Waals surface area (Å²) in [5.41, 5.74) is 1.08. The zero-order chi connectivity index (χ0) is 17.8. The van der Waals surface area contributed by atoms with Crippen molar-refractivity contribution in [3.8, 4) is 17.2 Å². The Hall–Kier alpha value is -3.22. The first-order valence-electron chi connectivity index (χ1n) is 7.66. The molecule has 0 radical (unpaired) electrons. The Morgan fingerprint density at radius 1 is 1.20 bits per heavy atom. The van der Waals surface area contributed by atoms with E-state index in [4.69, 9.17) is 14.2 Å². The number of hydrogen-bond acceptors (Lipinski definition) is 5. The Labute approximate surface area is 145 Å². The Morgan fingerprint density at radius 2 is 2.00 bits per heavy atom. The molecule has 1 aliphatic rings. The van der Waals surface area contributed by atoms with E-state index >= 15 is 0 Å². The van der Waals surface area contributed by atoms with Crippen LogP contribution in [0.5, 0.6) is 17.2 Å². The van der Waals surface area contributed by atoms with Crippen LogP contribution in [0.4, 0.5) is 11.4 Å². The molecular weight excluding hydrogens is 324 g/mol. The van der Waals surface area contributed by atoms with Crippen LogP contribution in [0.25, 0.3) is 0 Å². The van der Waals surface area contributed by atoms with Crippen LogP contribution < -0.4 is 24.4 Å². The summed E-state index contributed by atoms with van der Waals surface area (Å²) in [5.74, 6) is 1.06. The van der Waals surface area contributed by atoms with Gasteiger partial charge >= 0.3 is 0 Å². The molecule has 0 saturated heterocycles. The minimum atomic E-state index is -0.339. The number of anilines is 2. The number of carbonyl (C=O) groups excluding carboxylic acids is 2. The number of benzene rings is 2. The molecule has 0 unspecified atom stereocenters. The second-order valence-electron chi connectivity index (χ2n) is 5.35. The summed E-state index contributed by atoms with van der Waals surface area (Å²) in [6.07, 6.45) is 0. The van der Waals surface area contributed by atoms with Gasteiger partial charge < -0.3 is 19.5 Å². The van der Waals surface area contributed by atoms with Crippen molar-refractivity contribution in [1.29, 1.82) is 0 Å². The summed E-state index contributed by atoms with van der Waals surface area (Å²) >= 11 is 0. The van der Waals surface area contributed by atoms with Crippen LogP contribution in [-0.2, 0) is 9.59 Å². The Morgan fingerprint density at radius 3 is 2.76 bits per heavy atom. The number of nitrogens with zero attached hydrogens (tertiary/aromatic N) is 1. The third-order valence-corrected chi connectivity index (χ3v) is 3.79. The standard InChI is InChI=1S/C18H18N2O5/c1-23-12-7-8-13(16(9-12)24-2)19-17(21)10-20-14-5-3-4-6-15(14)25-11-18(20)22/h3-9H,10-11H2,1-2H3,(H,19,21). The van der Waals surface area contributed by atoms with E-state index in [0.717, 1.165) is 0 Å². The highest BCUT2D eigenvalue weighted by Gasteiger charge is 2.27. The molecule has 0 saturated carbocycles. The molecule has 3 rings (SSSR count). The number of hydrogen-bond donors (Lipinski definition) is 1. The lowest BCUT2D eigenvalue weighted by atomic mass is 10.2. The number of amides is 2. The van der Waals surface area contributed by atoms with Crippen LogP contribution in [0.1, 0.15) is 0 Å². The molecule has 25 heavy (non-hydrogen) atoms. The Kier molecular flexibility index (Phi) is 4.74. The normalized spacial score (nSPS) is 12.9. The number of ether oxygens (including phenoxy) is 3. The van der Waals surface area contributed by atoms with Crippen molar-refractivity contribution in [1.82, 2.24) is 0 Å². The molecule has 0 aromatic heterocycles. The average Bonchev–Trinajstić information content (AvgIpc) is 2.64. The molecule has 130 valence electrons. The fourth-order valence-corrected chi connectivity index (χ4v) is 2.56. The second kappa shape index (κ2) is 7.12. The lowest BCUT2D eigenvalue weighted by Gasteiger charge is -2.28. The summed E-state index contributed by atoms with van der Waals surface area (Å²) in [6.45, 7) is -0.204. The smallest absolute Gasteiger partial charge is 0.265 e. The second-order valence-corrected chi connectivity index (χ2v) is 5.35. The fraction of sp³-hybridized carbons (Fsp3) is 0.222. The van der Waals surface area contributed by atoms with Gasteiger partial charge in [-0.25, -0.2) is 0 Å². The van der Waals surface area contributed by atoms with E-state index in [9.17, 15) is 9.59 Å². The summed E-state index contributed by atoms with van der Waals surface area (Å²) in [6, 6.07) is 12.2. The maximum Gasteiger partial charge on any atom is 0.265 e. The molecular formula is C18H18N2O5. The van der Waals surface area contributed by atoms with Crippen molar-refractivity contribution < 1.29 is 23.8 Å². The quantitative estimate of drug-likeness (QED) is 0.900. The summed E-state index contributed by atoms with van der Waals surface area (Å²) in [4.78, 5) is 26.0. The molecule has 2 amide bonds.